The van der Waals surface area contributed by atoms with Gasteiger partial charge in [-0.05, 0) is 42.3 Å². The van der Waals surface area contributed by atoms with Gasteiger partial charge in [0.2, 0.25) is 10.0 Å². The molecular formula is C20H22BrN3O4S. The molecule has 0 N–H and O–H groups in total. The summed E-state index contributed by atoms with van der Waals surface area (Å²) in [4.78, 5) is 1.67. The van der Waals surface area contributed by atoms with Crippen molar-refractivity contribution in [1.82, 2.24) is 9.21 Å². The first kappa shape index (κ1) is 21.4. The second kappa shape index (κ2) is 9.03. The Labute approximate surface area is 179 Å². The Kier molecular flexibility index (Phi) is 6.67. The summed E-state index contributed by atoms with van der Waals surface area (Å²) in [6, 6.07) is 11.9. The fourth-order valence-electron chi connectivity index (χ4n) is 3.41. The van der Waals surface area contributed by atoms with E-state index < -0.39 is 10.0 Å². The lowest BCUT2D eigenvalue weighted by Gasteiger charge is -2.28. The van der Waals surface area contributed by atoms with Gasteiger partial charge in [0.15, 0.2) is 6.19 Å². The van der Waals surface area contributed by atoms with Crippen LogP contribution in [0.2, 0.25) is 0 Å². The van der Waals surface area contributed by atoms with E-state index in [1.807, 2.05) is 24.3 Å². The Bertz CT molecular complexity index is 1020. The number of likely N-dealkylation sites (tertiary alicyclic amines) is 1. The Morgan fingerprint density at radius 1 is 1.24 bits per heavy atom. The molecule has 29 heavy (non-hydrogen) atoms. The van der Waals surface area contributed by atoms with Gasteiger partial charge in [0.1, 0.15) is 16.4 Å². The molecule has 3 rings (SSSR count). The third-order valence-corrected chi connectivity index (χ3v) is 7.31. The molecule has 1 fully saturated rings. The van der Waals surface area contributed by atoms with Crippen LogP contribution >= 0.6 is 15.9 Å². The third-order valence-electron chi connectivity index (χ3n) is 4.90. The normalized spacial score (nSPS) is 16.7. The third kappa shape index (κ3) is 4.66. The summed E-state index contributed by atoms with van der Waals surface area (Å²) in [6.45, 7) is 1.05. The van der Waals surface area contributed by atoms with Gasteiger partial charge in [-0.3, -0.25) is 0 Å². The topological polar surface area (TPSA) is 82.9 Å². The van der Waals surface area contributed by atoms with Crippen molar-refractivity contribution in [1.29, 1.82) is 5.26 Å². The number of methoxy groups -OCH3 is 2. The van der Waals surface area contributed by atoms with Crippen molar-refractivity contribution in [3.8, 4) is 17.7 Å². The second-order valence-electron chi connectivity index (χ2n) is 6.69. The number of halogens is 1. The van der Waals surface area contributed by atoms with Crippen molar-refractivity contribution in [3.63, 3.8) is 0 Å². The first-order chi connectivity index (χ1) is 13.9. The average Bonchev–Trinajstić information content (AvgIpc) is 3.20. The number of hydrogen-bond acceptors (Lipinski definition) is 6. The molecule has 2 aromatic carbocycles. The van der Waals surface area contributed by atoms with Gasteiger partial charge in [-0.25, -0.2) is 8.42 Å². The quantitative estimate of drug-likeness (QED) is 0.566. The molecule has 1 heterocycles. The van der Waals surface area contributed by atoms with E-state index >= 15 is 0 Å². The van der Waals surface area contributed by atoms with Gasteiger partial charge in [0.05, 0.1) is 14.2 Å². The van der Waals surface area contributed by atoms with Crippen LogP contribution in [0.25, 0.3) is 0 Å². The molecule has 1 saturated heterocycles. The van der Waals surface area contributed by atoms with E-state index in [4.69, 9.17) is 9.47 Å². The fourth-order valence-corrected chi connectivity index (χ4v) is 5.74. The summed E-state index contributed by atoms with van der Waals surface area (Å²) in [5, 5.41) is 9.23. The first-order valence-electron chi connectivity index (χ1n) is 9.02. The SMILES string of the molecule is COc1cccc(CN(C2CCN(C#N)C2)S(=O)(=O)c2cc(Br)ccc2OC)c1. The minimum Gasteiger partial charge on any atom is -0.497 e. The highest BCUT2D eigenvalue weighted by molar-refractivity contribution is 9.10. The lowest BCUT2D eigenvalue weighted by molar-refractivity contribution is 0.311. The summed E-state index contributed by atoms with van der Waals surface area (Å²) in [5.41, 5.74) is 0.803. The highest BCUT2D eigenvalue weighted by atomic mass is 79.9. The Hall–Kier alpha value is -2.28. The molecule has 1 aliphatic heterocycles. The lowest BCUT2D eigenvalue weighted by Crippen LogP contribution is -2.41. The van der Waals surface area contributed by atoms with Crippen LogP contribution in [0.3, 0.4) is 0 Å². The number of rotatable bonds is 7. The number of sulfonamides is 1. The average molecular weight is 480 g/mol. The second-order valence-corrected chi connectivity index (χ2v) is 9.46. The van der Waals surface area contributed by atoms with E-state index in [0.29, 0.717) is 29.7 Å². The minimum atomic E-state index is -3.90. The summed E-state index contributed by atoms with van der Waals surface area (Å²) in [7, 11) is -0.880. The predicted molar refractivity (Wildman–Crippen MR) is 112 cm³/mol. The smallest absolute Gasteiger partial charge is 0.247 e. The number of nitriles is 1. The number of ether oxygens (including phenoxy) is 2. The molecular weight excluding hydrogens is 458 g/mol. The van der Waals surface area contributed by atoms with Crippen molar-refractivity contribution >= 4 is 26.0 Å². The molecule has 9 heteroatoms. The molecule has 0 aromatic heterocycles. The Morgan fingerprint density at radius 3 is 2.69 bits per heavy atom. The molecule has 0 bridgehead atoms. The van der Waals surface area contributed by atoms with Gasteiger partial charge < -0.3 is 14.4 Å². The number of benzene rings is 2. The van der Waals surface area contributed by atoms with Crippen LogP contribution < -0.4 is 9.47 Å². The van der Waals surface area contributed by atoms with Crippen LogP contribution in [-0.2, 0) is 16.6 Å². The zero-order chi connectivity index (χ0) is 21.0. The van der Waals surface area contributed by atoms with E-state index in [1.165, 1.54) is 11.4 Å². The maximum Gasteiger partial charge on any atom is 0.247 e. The van der Waals surface area contributed by atoms with Gasteiger partial charge in [-0.1, -0.05) is 28.1 Å². The minimum absolute atomic E-state index is 0.0904. The van der Waals surface area contributed by atoms with Crippen molar-refractivity contribution in [2.45, 2.75) is 23.9 Å². The van der Waals surface area contributed by atoms with Crippen molar-refractivity contribution < 1.29 is 17.9 Å². The molecule has 0 radical (unpaired) electrons. The fraction of sp³-hybridized carbons (Fsp3) is 0.350. The molecule has 2 aromatic rings. The monoisotopic (exact) mass is 479 g/mol. The summed E-state index contributed by atoms with van der Waals surface area (Å²) >= 11 is 3.35. The lowest BCUT2D eigenvalue weighted by atomic mass is 10.2. The molecule has 1 unspecified atom stereocenters. The van der Waals surface area contributed by atoms with Gasteiger partial charge in [-0.2, -0.15) is 9.57 Å². The van der Waals surface area contributed by atoms with E-state index in [2.05, 4.69) is 22.1 Å². The van der Waals surface area contributed by atoms with Gasteiger partial charge >= 0.3 is 0 Å². The van der Waals surface area contributed by atoms with Crippen molar-refractivity contribution in [3.05, 3.63) is 52.5 Å². The zero-order valence-corrected chi connectivity index (χ0v) is 18.6. The highest BCUT2D eigenvalue weighted by Gasteiger charge is 2.37. The Balaban J connectivity index is 2.04. The molecule has 0 spiro atoms. The summed E-state index contributed by atoms with van der Waals surface area (Å²) in [6.07, 6.45) is 2.69. The van der Waals surface area contributed by atoms with Crippen LogP contribution in [0.15, 0.2) is 51.8 Å². The Morgan fingerprint density at radius 2 is 2.03 bits per heavy atom. The molecule has 154 valence electrons. The van der Waals surface area contributed by atoms with Gasteiger partial charge in [-0.15, -0.1) is 0 Å². The van der Waals surface area contributed by atoms with Crippen LogP contribution in [-0.4, -0.2) is 51.0 Å². The zero-order valence-electron chi connectivity index (χ0n) is 16.2. The maximum atomic E-state index is 13.7. The van der Waals surface area contributed by atoms with Crippen LogP contribution in [0.4, 0.5) is 0 Å². The molecule has 7 nitrogen and oxygen atoms in total. The van der Waals surface area contributed by atoms with E-state index in [9.17, 15) is 13.7 Å². The summed E-state index contributed by atoms with van der Waals surface area (Å²) in [5.74, 6) is 0.934. The van der Waals surface area contributed by atoms with Crippen LogP contribution in [0, 0.1) is 11.5 Å². The molecule has 0 amide bonds. The summed E-state index contributed by atoms with van der Waals surface area (Å²) < 4.78 is 40.1. The van der Waals surface area contributed by atoms with Crippen LogP contribution in [0.1, 0.15) is 12.0 Å². The van der Waals surface area contributed by atoms with Gasteiger partial charge in [0.25, 0.3) is 0 Å². The maximum absolute atomic E-state index is 13.7. The molecule has 0 aliphatic carbocycles. The van der Waals surface area contributed by atoms with Crippen molar-refractivity contribution in [2.75, 3.05) is 27.3 Å². The molecule has 0 saturated carbocycles. The van der Waals surface area contributed by atoms with E-state index in [0.717, 1.165) is 5.56 Å². The van der Waals surface area contributed by atoms with Crippen molar-refractivity contribution in [2.24, 2.45) is 0 Å². The predicted octanol–water partition coefficient (Wildman–Crippen LogP) is 3.21. The number of hydrogen-bond donors (Lipinski definition) is 0. The standard InChI is InChI=1S/C20H22BrN3O4S/c1-27-18-5-3-4-15(10-18)12-24(17-8-9-23(13-17)14-22)29(25,26)20-11-16(21)6-7-19(20)28-2/h3-7,10-11,17H,8-9,12-13H2,1-2H3. The molecule has 1 atom stereocenters. The largest absolute Gasteiger partial charge is 0.497 e. The van der Waals surface area contributed by atoms with E-state index in [1.54, 1.807) is 30.2 Å². The van der Waals surface area contributed by atoms with Gasteiger partial charge in [0, 0.05) is 30.1 Å². The highest BCUT2D eigenvalue weighted by Crippen LogP contribution is 2.33. The number of nitrogens with zero attached hydrogens (tertiary/aromatic N) is 3. The first-order valence-corrected chi connectivity index (χ1v) is 11.3. The van der Waals surface area contributed by atoms with E-state index in [-0.39, 0.29) is 23.2 Å². The molecule has 1 aliphatic rings. The van der Waals surface area contributed by atoms with Crippen LogP contribution in [0.5, 0.6) is 11.5 Å².